The Morgan fingerprint density at radius 3 is 2.45 bits per heavy atom. The maximum atomic E-state index is 12.0. The summed E-state index contributed by atoms with van der Waals surface area (Å²) in [4.78, 5) is 28.2. The lowest BCUT2D eigenvalue weighted by molar-refractivity contribution is -0.114. The van der Waals surface area contributed by atoms with Crippen molar-refractivity contribution in [3.63, 3.8) is 0 Å². The van der Waals surface area contributed by atoms with E-state index in [-0.39, 0.29) is 17.5 Å². The molecular formula is C29H36ClN5O5. The predicted molar refractivity (Wildman–Crippen MR) is 157 cm³/mol. The summed E-state index contributed by atoms with van der Waals surface area (Å²) >= 11 is 6.49. The third kappa shape index (κ3) is 9.58. The number of benzene rings is 2. The summed E-state index contributed by atoms with van der Waals surface area (Å²) < 4.78 is 16.7. The van der Waals surface area contributed by atoms with Crippen LogP contribution in [0.4, 0.5) is 16.2 Å². The van der Waals surface area contributed by atoms with Crippen LogP contribution in [0.5, 0.6) is 11.5 Å². The van der Waals surface area contributed by atoms with Gasteiger partial charge in [-0.1, -0.05) is 38.8 Å². The van der Waals surface area contributed by atoms with Crippen molar-refractivity contribution in [2.24, 2.45) is 16.0 Å². The molecular weight excluding hydrogens is 534 g/mol. The van der Waals surface area contributed by atoms with Crippen molar-refractivity contribution in [1.82, 2.24) is 5.32 Å². The number of nitrogens with one attached hydrogen (secondary N) is 2. The zero-order valence-corrected chi connectivity index (χ0v) is 24.5. The number of anilines is 1. The van der Waals surface area contributed by atoms with Crippen LogP contribution in [-0.2, 0) is 14.3 Å². The highest BCUT2D eigenvalue weighted by Gasteiger charge is 2.16. The first kappa shape index (κ1) is 32.1. The van der Waals surface area contributed by atoms with E-state index in [1.807, 2.05) is 30.4 Å². The number of aliphatic imine (C=N–C) groups is 1. The van der Waals surface area contributed by atoms with E-state index in [4.69, 9.17) is 26.1 Å². The third-order valence-electron chi connectivity index (χ3n) is 5.74. The number of carbonyl (C=O) groups excluding carboxylic acids is 2. The number of amides is 2. The second kappa shape index (κ2) is 16.1. The lowest BCUT2D eigenvalue weighted by atomic mass is 10.1. The van der Waals surface area contributed by atoms with Crippen LogP contribution in [0.1, 0.15) is 58.1 Å². The average molecular weight is 570 g/mol. The fourth-order valence-corrected chi connectivity index (χ4v) is 3.63. The molecule has 11 heteroatoms. The summed E-state index contributed by atoms with van der Waals surface area (Å²) in [5.41, 5.74) is 4.86. The Kier molecular flexibility index (Phi) is 12.9. The summed E-state index contributed by atoms with van der Waals surface area (Å²) in [5.74, 6) is 0.968. The highest BCUT2D eigenvalue weighted by Crippen LogP contribution is 2.36. The van der Waals surface area contributed by atoms with Crippen molar-refractivity contribution in [2.75, 3.05) is 18.6 Å². The molecule has 2 aromatic carbocycles. The number of unbranched alkanes of at least 4 members (excludes halogenated alkanes) is 1. The number of ether oxygens (including phenoxy) is 3. The second-order valence-corrected chi connectivity index (χ2v) is 9.38. The molecule has 0 fully saturated rings. The smallest absolute Gasteiger partial charge is 0.414 e. The molecule has 0 bridgehead atoms. The van der Waals surface area contributed by atoms with Gasteiger partial charge in [-0.05, 0) is 75.1 Å². The topological polar surface area (TPSA) is 134 Å². The number of hydrogen-bond donors (Lipinski definition) is 2. The molecule has 0 saturated heterocycles. The van der Waals surface area contributed by atoms with E-state index >= 15 is 0 Å². The van der Waals surface area contributed by atoms with Gasteiger partial charge in [-0.25, -0.2) is 9.79 Å². The van der Waals surface area contributed by atoms with Gasteiger partial charge >= 0.3 is 6.09 Å². The Bertz CT molecular complexity index is 1280. The summed E-state index contributed by atoms with van der Waals surface area (Å²) in [6.45, 7) is 12.4. The molecule has 0 aliphatic rings. The fourth-order valence-electron chi connectivity index (χ4n) is 3.32. The second-order valence-electron chi connectivity index (χ2n) is 8.97. The first-order valence-electron chi connectivity index (χ1n) is 13.1. The Hall–Kier alpha value is -4.10. The molecule has 1 unspecified atom stereocenters. The zero-order chi connectivity index (χ0) is 29.7. The van der Waals surface area contributed by atoms with Gasteiger partial charge in [0.1, 0.15) is 17.6 Å². The quantitative estimate of drug-likeness (QED) is 0.119. The van der Waals surface area contributed by atoms with E-state index in [0.29, 0.717) is 29.4 Å². The number of carbonyl (C=O) groups is 2. The van der Waals surface area contributed by atoms with E-state index in [1.54, 1.807) is 32.0 Å². The summed E-state index contributed by atoms with van der Waals surface area (Å²) in [5, 5.41) is 15.2. The molecule has 40 heavy (non-hydrogen) atoms. The van der Waals surface area contributed by atoms with Gasteiger partial charge < -0.3 is 14.2 Å². The normalized spacial score (nSPS) is 12.2. The summed E-state index contributed by atoms with van der Waals surface area (Å²) in [6.07, 6.45) is 1.99. The van der Waals surface area contributed by atoms with E-state index in [0.717, 1.165) is 36.4 Å². The molecule has 0 radical (unpaired) electrons. The number of nitrogens with zero attached hydrogens (tertiary/aromatic N) is 3. The number of rotatable bonds is 12. The third-order valence-corrected chi connectivity index (χ3v) is 6.02. The molecule has 0 saturated carbocycles. The van der Waals surface area contributed by atoms with Gasteiger partial charge in [0, 0.05) is 5.92 Å². The molecule has 0 spiro atoms. The molecule has 0 aliphatic carbocycles. The minimum atomic E-state index is -0.997. The lowest BCUT2D eigenvalue weighted by Gasteiger charge is -2.16. The van der Waals surface area contributed by atoms with Crippen molar-refractivity contribution in [3.05, 3.63) is 46.5 Å². The SMILES string of the molecule is CCCCOC(=Nc1ccc(Oc2c(C)cc(N/N=C(\C#N)C(=O)NC(=O)OCC)cc2Cl)cc1C)C(C)CC. The number of aryl methyl sites for hydroxylation is 2. The predicted octanol–water partition coefficient (Wildman–Crippen LogP) is 7.21. The minimum Gasteiger partial charge on any atom is -0.481 e. The molecule has 0 aliphatic heterocycles. The van der Waals surface area contributed by atoms with Crippen LogP contribution < -0.4 is 15.5 Å². The monoisotopic (exact) mass is 569 g/mol. The van der Waals surface area contributed by atoms with Crippen LogP contribution in [0.15, 0.2) is 40.4 Å². The van der Waals surface area contributed by atoms with E-state index in [9.17, 15) is 14.9 Å². The highest BCUT2D eigenvalue weighted by atomic mass is 35.5. The average Bonchev–Trinajstić information content (AvgIpc) is 2.91. The Labute approximate surface area is 240 Å². The first-order chi connectivity index (χ1) is 19.1. The zero-order valence-electron chi connectivity index (χ0n) is 23.8. The Balaban J connectivity index is 2.20. The van der Waals surface area contributed by atoms with Crippen LogP contribution in [0.3, 0.4) is 0 Å². The molecule has 2 N–H and O–H groups in total. The number of nitriles is 1. The van der Waals surface area contributed by atoms with Gasteiger partial charge in [0.05, 0.1) is 29.6 Å². The van der Waals surface area contributed by atoms with Crippen LogP contribution in [0.25, 0.3) is 0 Å². The maximum Gasteiger partial charge on any atom is 0.414 e. The van der Waals surface area contributed by atoms with Crippen molar-refractivity contribution in [3.8, 4) is 17.6 Å². The van der Waals surface area contributed by atoms with Gasteiger partial charge in [0.25, 0.3) is 5.91 Å². The van der Waals surface area contributed by atoms with E-state index < -0.39 is 17.7 Å². The van der Waals surface area contributed by atoms with Crippen LogP contribution in [0, 0.1) is 31.1 Å². The molecule has 2 amide bonds. The van der Waals surface area contributed by atoms with Gasteiger partial charge in [-0.3, -0.25) is 15.5 Å². The van der Waals surface area contributed by atoms with Crippen molar-refractivity contribution in [1.29, 1.82) is 5.26 Å². The van der Waals surface area contributed by atoms with Gasteiger partial charge in [-0.2, -0.15) is 10.4 Å². The number of hydrazone groups is 1. The summed E-state index contributed by atoms with van der Waals surface area (Å²) in [7, 11) is 0. The van der Waals surface area contributed by atoms with Gasteiger partial charge in [-0.15, -0.1) is 0 Å². The van der Waals surface area contributed by atoms with E-state index in [1.165, 1.54) is 0 Å². The van der Waals surface area contributed by atoms with Gasteiger partial charge in [0.2, 0.25) is 5.71 Å². The standard InChI is InChI=1S/C29H36ClN5O5/c1-7-10-13-39-28(18(4)8-2)32-24-12-11-22(15-19(24)5)40-26-20(6)14-21(16-23(26)30)34-35-25(17-31)27(36)33-29(37)38-9-3/h11-12,14-16,18,34H,7-10,13H2,1-6H3,(H,33,36,37)/b32-28?,35-25+. The molecule has 1 atom stereocenters. The molecule has 2 rings (SSSR count). The molecule has 214 valence electrons. The number of halogens is 1. The lowest BCUT2D eigenvalue weighted by Crippen LogP contribution is -2.36. The van der Waals surface area contributed by atoms with Crippen LogP contribution >= 0.6 is 11.6 Å². The van der Waals surface area contributed by atoms with Crippen LogP contribution in [-0.4, -0.2) is 36.8 Å². The Morgan fingerprint density at radius 2 is 1.85 bits per heavy atom. The highest BCUT2D eigenvalue weighted by molar-refractivity contribution is 6.46. The summed E-state index contributed by atoms with van der Waals surface area (Å²) in [6, 6.07) is 10.5. The van der Waals surface area contributed by atoms with E-state index in [2.05, 4.69) is 36.0 Å². The fraction of sp³-hybridized carbons (Fsp3) is 0.414. The van der Waals surface area contributed by atoms with Crippen molar-refractivity contribution >= 4 is 46.6 Å². The first-order valence-corrected chi connectivity index (χ1v) is 13.5. The van der Waals surface area contributed by atoms with Crippen molar-refractivity contribution < 1.29 is 23.8 Å². The maximum absolute atomic E-state index is 12.0. The van der Waals surface area contributed by atoms with Crippen molar-refractivity contribution in [2.45, 2.75) is 60.8 Å². The largest absolute Gasteiger partial charge is 0.481 e. The van der Waals surface area contributed by atoms with Gasteiger partial charge in [0.15, 0.2) is 5.90 Å². The molecule has 2 aromatic rings. The van der Waals surface area contributed by atoms with Crippen LogP contribution in [0.2, 0.25) is 5.02 Å². The number of hydrogen-bond acceptors (Lipinski definition) is 9. The minimum absolute atomic E-state index is 0.0769. The Morgan fingerprint density at radius 1 is 1.10 bits per heavy atom. The molecule has 10 nitrogen and oxygen atoms in total. The molecule has 0 heterocycles. The molecule has 0 aromatic heterocycles. The number of imide groups is 1. The number of alkyl carbamates (subject to hydrolysis) is 1.